The van der Waals surface area contributed by atoms with E-state index in [0.717, 1.165) is 12.8 Å². The first-order valence-corrected chi connectivity index (χ1v) is 14.6. The highest BCUT2D eigenvalue weighted by atomic mass is 32.2. The molecule has 0 atom stereocenters. The highest BCUT2D eigenvalue weighted by Crippen LogP contribution is 2.30. The molecule has 41 heavy (non-hydrogen) atoms. The number of hydrogen-bond acceptors (Lipinski definition) is 6. The lowest BCUT2D eigenvalue weighted by atomic mass is 10.0. The molecule has 2 amide bonds. The predicted octanol–water partition coefficient (Wildman–Crippen LogP) is 5.70. The summed E-state index contributed by atoms with van der Waals surface area (Å²) >= 11 is 0. The molecule has 0 bridgehead atoms. The number of nitrogens with zero attached hydrogens (tertiary/aromatic N) is 1. The first-order valence-electron chi connectivity index (χ1n) is 15.1. The molecule has 1 aliphatic rings. The van der Waals surface area contributed by atoms with Gasteiger partial charge in [-0.05, 0) is 85.7 Å². The van der Waals surface area contributed by atoms with Gasteiger partial charge in [-0.2, -0.15) is 0 Å². The molecule has 3 aromatic carbocycles. The molecule has 1 fully saturated rings. The maximum atomic E-state index is 13.0. The van der Waals surface area contributed by atoms with Crippen molar-refractivity contribution in [3.8, 4) is 5.75 Å². The number of rotatable bonds is 8. The molecule has 214 valence electrons. The second-order valence-corrected chi connectivity index (χ2v) is 11.6. The van der Waals surface area contributed by atoms with Gasteiger partial charge in [0.1, 0.15) is 11.8 Å². The van der Waals surface area contributed by atoms with Crippen LogP contribution in [0.3, 0.4) is 0 Å². The predicted molar refractivity (Wildman–Crippen MR) is 157 cm³/mol. The Morgan fingerprint density at radius 3 is 2.59 bits per heavy atom. The number of hydrogen-bond donors (Lipinski definition) is 2. The summed E-state index contributed by atoms with van der Waals surface area (Å²) in [5.74, 6) is -0.544. The number of aromatic nitrogens is 1. The fourth-order valence-corrected chi connectivity index (χ4v) is 6.22. The molecule has 1 aliphatic carbocycles. The standard InChI is InChI=1S/C31H33N3O6S/c1-20-8-4-7-11-29(20)41(37,38)33-30(35)22-13-12-21(28(17-22)39-3)16-23-19-34(2)27-15-14-24(18-26(23)27)32-31(36)40-25-9-5-6-10-25/h4,7-8,11-15,17-19,25H,5-6,9-10,16H2,1-3H3,(H,32,36)(H,33,35)/i2D3,25D. The van der Waals surface area contributed by atoms with Gasteiger partial charge in [0, 0.05) is 45.9 Å². The fraction of sp³-hybridized carbons (Fsp3) is 0.290. The molecule has 10 heteroatoms. The van der Waals surface area contributed by atoms with Crippen LogP contribution in [0.15, 0.2) is 71.8 Å². The van der Waals surface area contributed by atoms with Gasteiger partial charge in [-0.3, -0.25) is 10.1 Å². The number of anilines is 1. The summed E-state index contributed by atoms with van der Waals surface area (Å²) in [6.07, 6.45) is 2.25. The number of carbonyl (C=O) groups excluding carboxylic acids is 2. The van der Waals surface area contributed by atoms with Crippen molar-refractivity contribution in [2.45, 2.75) is 50.0 Å². The van der Waals surface area contributed by atoms with Crippen molar-refractivity contribution in [1.82, 2.24) is 9.29 Å². The second-order valence-electron chi connectivity index (χ2n) is 9.92. The first-order chi connectivity index (χ1) is 21.2. The lowest BCUT2D eigenvalue weighted by molar-refractivity contribution is 0.0980. The molecule has 2 N–H and O–H groups in total. The van der Waals surface area contributed by atoms with Gasteiger partial charge in [0.2, 0.25) is 0 Å². The third-order valence-corrected chi connectivity index (χ3v) is 8.56. The van der Waals surface area contributed by atoms with Gasteiger partial charge >= 0.3 is 6.09 Å². The molecule has 5 rings (SSSR count). The SMILES string of the molecule is [2H]C1(OC(=O)Nc2ccc3c(c2)c(Cc2ccc(C(=O)NS(=O)(=O)c4ccccc4C)cc2OC)cn3C([2H])([2H])[2H])CCCC1. The third-order valence-electron chi connectivity index (χ3n) is 7.07. The zero-order valence-corrected chi connectivity index (χ0v) is 23.5. The molecule has 0 saturated heterocycles. The lowest BCUT2D eigenvalue weighted by Crippen LogP contribution is -2.31. The van der Waals surface area contributed by atoms with Crippen molar-refractivity contribution in [1.29, 1.82) is 0 Å². The maximum Gasteiger partial charge on any atom is 0.411 e. The van der Waals surface area contributed by atoms with E-state index in [-0.39, 0.29) is 16.9 Å². The third kappa shape index (κ3) is 6.22. The molecule has 4 aromatic rings. The van der Waals surface area contributed by atoms with Crippen molar-refractivity contribution < 1.29 is 33.0 Å². The number of ether oxygens (including phenoxy) is 2. The van der Waals surface area contributed by atoms with Crippen molar-refractivity contribution >= 4 is 38.6 Å². The molecule has 0 aliphatic heterocycles. The molecular formula is C31H33N3O6S. The molecule has 0 unspecified atom stereocenters. The number of methoxy groups -OCH3 is 1. The molecule has 9 nitrogen and oxygen atoms in total. The number of nitrogens with one attached hydrogen (secondary N) is 2. The summed E-state index contributed by atoms with van der Waals surface area (Å²) < 4.78 is 72.2. The number of carbonyl (C=O) groups is 2. The van der Waals surface area contributed by atoms with E-state index in [0.29, 0.717) is 51.9 Å². The first kappa shape index (κ1) is 23.4. The van der Waals surface area contributed by atoms with E-state index in [2.05, 4.69) is 10.0 Å². The monoisotopic (exact) mass is 579 g/mol. The Kier molecular flexibility index (Phi) is 6.66. The zero-order chi connectivity index (χ0) is 32.6. The van der Waals surface area contributed by atoms with Gasteiger partial charge in [-0.1, -0.05) is 24.3 Å². The van der Waals surface area contributed by atoms with Crippen LogP contribution in [0.2, 0.25) is 0 Å². The average Bonchev–Trinajstić information content (AvgIpc) is 3.56. The highest BCUT2D eigenvalue weighted by Gasteiger charge is 2.22. The molecule has 1 aromatic heterocycles. The van der Waals surface area contributed by atoms with E-state index in [1.807, 2.05) is 0 Å². The molecule has 0 spiro atoms. The Balaban J connectivity index is 1.42. The Morgan fingerprint density at radius 2 is 1.85 bits per heavy atom. The van der Waals surface area contributed by atoms with Gasteiger partial charge in [-0.15, -0.1) is 0 Å². The minimum atomic E-state index is -4.12. The van der Waals surface area contributed by atoms with E-state index >= 15 is 0 Å². The summed E-state index contributed by atoms with van der Waals surface area (Å²) in [5.41, 5.74) is 2.53. The van der Waals surface area contributed by atoms with Gasteiger partial charge in [-0.25, -0.2) is 17.9 Å². The van der Waals surface area contributed by atoms with Crippen LogP contribution in [0.25, 0.3) is 10.9 Å². The average molecular weight is 580 g/mol. The Morgan fingerprint density at radius 1 is 1.07 bits per heavy atom. The van der Waals surface area contributed by atoms with Crippen molar-refractivity contribution in [2.24, 2.45) is 6.98 Å². The largest absolute Gasteiger partial charge is 0.496 e. The van der Waals surface area contributed by atoms with Gasteiger partial charge in [0.05, 0.1) is 13.4 Å². The van der Waals surface area contributed by atoms with Crippen LogP contribution in [-0.2, 0) is 28.2 Å². The minimum Gasteiger partial charge on any atom is -0.496 e. The number of aryl methyl sites for hydroxylation is 2. The molecular weight excluding hydrogens is 542 g/mol. The van der Waals surface area contributed by atoms with E-state index in [9.17, 15) is 18.0 Å². The van der Waals surface area contributed by atoms with Crippen molar-refractivity contribution in [2.75, 3.05) is 12.4 Å². The Labute approximate surface area is 245 Å². The summed E-state index contributed by atoms with van der Waals surface area (Å²) in [7, 11) is -2.71. The summed E-state index contributed by atoms with van der Waals surface area (Å²) in [5, 5.41) is 3.21. The number of fused-ring (bicyclic) bond motifs is 1. The van der Waals surface area contributed by atoms with Crippen LogP contribution in [0, 0.1) is 6.92 Å². The van der Waals surface area contributed by atoms with Crippen molar-refractivity contribution in [3.05, 3.63) is 89.1 Å². The summed E-state index contributed by atoms with van der Waals surface area (Å²) in [6.45, 7) is -0.854. The van der Waals surface area contributed by atoms with Crippen molar-refractivity contribution in [3.63, 3.8) is 0 Å². The van der Waals surface area contributed by atoms with Gasteiger partial charge < -0.3 is 14.0 Å². The van der Waals surface area contributed by atoms with E-state index in [1.54, 1.807) is 49.4 Å². The minimum absolute atomic E-state index is 0.00700. The summed E-state index contributed by atoms with van der Waals surface area (Å²) in [4.78, 5) is 25.5. The zero-order valence-electron chi connectivity index (χ0n) is 26.7. The second kappa shape index (κ2) is 11.7. The number of amides is 2. The quantitative estimate of drug-likeness (QED) is 0.277. The van der Waals surface area contributed by atoms with Crippen LogP contribution < -0.4 is 14.8 Å². The van der Waals surface area contributed by atoms with Gasteiger partial charge in [0.25, 0.3) is 15.9 Å². The lowest BCUT2D eigenvalue weighted by Gasteiger charge is -2.13. The number of benzene rings is 3. The fourth-order valence-electron chi connectivity index (χ4n) is 4.99. The molecule has 1 saturated carbocycles. The van der Waals surface area contributed by atoms with Crippen LogP contribution >= 0.6 is 0 Å². The van der Waals surface area contributed by atoms with Gasteiger partial charge in [0.15, 0.2) is 0 Å². The molecule has 1 heterocycles. The van der Waals surface area contributed by atoms with E-state index in [1.165, 1.54) is 36.1 Å². The van der Waals surface area contributed by atoms with E-state index < -0.39 is 35.1 Å². The van der Waals surface area contributed by atoms with Crippen LogP contribution in [0.5, 0.6) is 5.75 Å². The van der Waals surface area contributed by atoms with Crippen LogP contribution in [-0.4, -0.2) is 38.2 Å². The Hall–Kier alpha value is -4.31. The smallest absolute Gasteiger partial charge is 0.411 e. The topological polar surface area (TPSA) is 116 Å². The van der Waals surface area contributed by atoms with Crippen LogP contribution in [0.4, 0.5) is 10.5 Å². The Bertz CT molecular complexity index is 1880. The number of sulfonamides is 1. The highest BCUT2D eigenvalue weighted by molar-refractivity contribution is 7.90. The van der Waals surface area contributed by atoms with Crippen LogP contribution in [0.1, 0.15) is 58.2 Å². The van der Waals surface area contributed by atoms with E-state index in [4.69, 9.17) is 15.0 Å². The maximum absolute atomic E-state index is 13.0. The normalized spacial score (nSPS) is 16.2. The summed E-state index contributed by atoms with van der Waals surface area (Å²) in [6, 6.07) is 15.6. The molecule has 0 radical (unpaired) electrons.